The van der Waals surface area contributed by atoms with Crippen molar-refractivity contribution in [2.75, 3.05) is 19.6 Å². The first-order valence-corrected chi connectivity index (χ1v) is 11.8. The number of carbonyl (C=O) groups excluding carboxylic acids is 1. The van der Waals surface area contributed by atoms with Gasteiger partial charge in [0.2, 0.25) is 10.0 Å². The minimum Gasteiger partial charge on any atom is -0.373 e. The summed E-state index contributed by atoms with van der Waals surface area (Å²) in [5.41, 5.74) is 1.74. The third kappa shape index (κ3) is 4.29. The van der Waals surface area contributed by atoms with Crippen LogP contribution in [0.4, 0.5) is 0 Å². The highest BCUT2D eigenvalue weighted by Gasteiger charge is 2.44. The van der Waals surface area contributed by atoms with E-state index in [0.717, 1.165) is 12.8 Å². The zero-order valence-corrected chi connectivity index (χ0v) is 18.2. The van der Waals surface area contributed by atoms with Gasteiger partial charge in [0.05, 0.1) is 17.1 Å². The van der Waals surface area contributed by atoms with E-state index < -0.39 is 10.0 Å². The third-order valence-electron chi connectivity index (χ3n) is 5.97. The van der Waals surface area contributed by atoms with Crippen LogP contribution in [0.15, 0.2) is 59.5 Å². The fourth-order valence-corrected chi connectivity index (χ4v) is 5.71. The standard InChI is InChI=1S/C23H28N2O4S/c1-17-14-25(15-18(2)29-17)30(27,28)21-10-8-19(9-11-21)22(26)24-16-23(12-13-23)20-6-4-3-5-7-20/h3-11,17-18H,12-16H2,1-2H3,(H,24,26)/t17-,18-/m0/s1. The molecule has 4 rings (SSSR count). The maximum Gasteiger partial charge on any atom is 0.251 e. The number of morpholine rings is 1. The molecule has 30 heavy (non-hydrogen) atoms. The van der Waals surface area contributed by atoms with E-state index in [2.05, 4.69) is 17.4 Å². The van der Waals surface area contributed by atoms with Crippen LogP contribution in [0, 0.1) is 0 Å². The number of carbonyl (C=O) groups is 1. The van der Waals surface area contributed by atoms with Gasteiger partial charge in [0.1, 0.15) is 0 Å². The molecule has 0 spiro atoms. The van der Waals surface area contributed by atoms with E-state index >= 15 is 0 Å². The second-order valence-electron chi connectivity index (χ2n) is 8.43. The van der Waals surface area contributed by atoms with Gasteiger partial charge in [0.25, 0.3) is 5.91 Å². The van der Waals surface area contributed by atoms with Crippen molar-refractivity contribution >= 4 is 15.9 Å². The van der Waals surface area contributed by atoms with Gasteiger partial charge in [-0.1, -0.05) is 30.3 Å². The average molecular weight is 429 g/mol. The molecule has 0 aromatic heterocycles. The van der Waals surface area contributed by atoms with E-state index in [0.29, 0.717) is 25.2 Å². The molecular formula is C23H28N2O4S. The molecule has 1 heterocycles. The Morgan fingerprint density at radius 1 is 1.03 bits per heavy atom. The second kappa shape index (κ2) is 8.13. The molecule has 0 unspecified atom stereocenters. The van der Waals surface area contributed by atoms with Crippen LogP contribution in [0.3, 0.4) is 0 Å². The van der Waals surface area contributed by atoms with Gasteiger partial charge >= 0.3 is 0 Å². The first-order valence-electron chi connectivity index (χ1n) is 10.4. The van der Waals surface area contributed by atoms with Crippen LogP contribution in [0.5, 0.6) is 0 Å². The lowest BCUT2D eigenvalue weighted by Crippen LogP contribution is -2.48. The summed E-state index contributed by atoms with van der Waals surface area (Å²) in [5.74, 6) is -0.185. The van der Waals surface area contributed by atoms with Gasteiger partial charge in [0, 0.05) is 30.6 Å². The third-order valence-corrected chi connectivity index (χ3v) is 7.81. The normalized spacial score (nSPS) is 23.7. The van der Waals surface area contributed by atoms with Crippen molar-refractivity contribution in [2.45, 2.75) is 49.2 Å². The SMILES string of the molecule is C[C@H]1CN(S(=O)(=O)c2ccc(C(=O)NCC3(c4ccccc4)CC3)cc2)C[C@H](C)O1. The summed E-state index contributed by atoms with van der Waals surface area (Å²) in [6.45, 7) is 4.98. The van der Waals surface area contributed by atoms with Crippen LogP contribution in [0.1, 0.15) is 42.6 Å². The van der Waals surface area contributed by atoms with Crippen LogP contribution in [0.2, 0.25) is 0 Å². The zero-order chi connectivity index (χ0) is 21.4. The van der Waals surface area contributed by atoms with Crippen LogP contribution in [-0.2, 0) is 20.2 Å². The highest BCUT2D eigenvalue weighted by Crippen LogP contribution is 2.47. The molecule has 2 aliphatic rings. The molecule has 1 saturated heterocycles. The largest absolute Gasteiger partial charge is 0.373 e. The first-order chi connectivity index (χ1) is 14.3. The quantitative estimate of drug-likeness (QED) is 0.768. The summed E-state index contributed by atoms with van der Waals surface area (Å²) >= 11 is 0. The summed E-state index contributed by atoms with van der Waals surface area (Å²) in [6.07, 6.45) is 1.83. The minimum atomic E-state index is -3.61. The topological polar surface area (TPSA) is 75.7 Å². The Bertz CT molecular complexity index is 991. The molecule has 1 aliphatic carbocycles. The second-order valence-corrected chi connectivity index (χ2v) is 10.4. The number of benzene rings is 2. The van der Waals surface area contributed by atoms with Crippen LogP contribution >= 0.6 is 0 Å². The molecule has 0 radical (unpaired) electrons. The molecule has 1 saturated carbocycles. The highest BCUT2D eigenvalue weighted by atomic mass is 32.2. The monoisotopic (exact) mass is 428 g/mol. The Morgan fingerprint density at radius 2 is 1.63 bits per heavy atom. The Balaban J connectivity index is 1.41. The number of rotatable bonds is 6. The minimum absolute atomic E-state index is 0.0317. The van der Waals surface area contributed by atoms with Crippen molar-refractivity contribution in [1.29, 1.82) is 0 Å². The molecule has 2 aromatic carbocycles. The molecule has 7 heteroatoms. The van der Waals surface area contributed by atoms with E-state index in [4.69, 9.17) is 4.74 Å². The number of sulfonamides is 1. The van der Waals surface area contributed by atoms with Crippen LogP contribution < -0.4 is 5.32 Å². The summed E-state index contributed by atoms with van der Waals surface area (Å²) in [6, 6.07) is 16.4. The van der Waals surface area contributed by atoms with E-state index in [9.17, 15) is 13.2 Å². The number of ether oxygens (including phenoxy) is 1. The van der Waals surface area contributed by atoms with Gasteiger partial charge in [-0.25, -0.2) is 8.42 Å². The van der Waals surface area contributed by atoms with E-state index in [-0.39, 0.29) is 28.4 Å². The zero-order valence-electron chi connectivity index (χ0n) is 17.4. The summed E-state index contributed by atoms with van der Waals surface area (Å²) in [4.78, 5) is 12.8. The molecule has 2 fully saturated rings. The fraction of sp³-hybridized carbons (Fsp3) is 0.435. The molecule has 2 atom stereocenters. The van der Waals surface area contributed by atoms with E-state index in [1.165, 1.54) is 22.0 Å². The molecule has 6 nitrogen and oxygen atoms in total. The molecular weight excluding hydrogens is 400 g/mol. The molecule has 1 N–H and O–H groups in total. The van der Waals surface area contributed by atoms with Gasteiger partial charge in [-0.15, -0.1) is 0 Å². The Kier molecular flexibility index (Phi) is 5.70. The Labute approximate surface area is 178 Å². The van der Waals surface area contributed by atoms with Gasteiger partial charge in [-0.2, -0.15) is 4.31 Å². The number of nitrogens with zero attached hydrogens (tertiary/aromatic N) is 1. The van der Waals surface area contributed by atoms with Gasteiger partial charge in [-0.05, 0) is 56.5 Å². The first kappa shape index (κ1) is 21.0. The molecule has 2 aromatic rings. The number of nitrogens with one attached hydrogen (secondary N) is 1. The van der Waals surface area contributed by atoms with Crippen molar-refractivity contribution in [2.24, 2.45) is 0 Å². The van der Waals surface area contributed by atoms with Crippen molar-refractivity contribution in [1.82, 2.24) is 9.62 Å². The van der Waals surface area contributed by atoms with Crippen LogP contribution in [0.25, 0.3) is 0 Å². The van der Waals surface area contributed by atoms with Crippen molar-refractivity contribution in [3.05, 3.63) is 65.7 Å². The van der Waals surface area contributed by atoms with E-state index in [1.807, 2.05) is 32.0 Å². The fourth-order valence-electron chi connectivity index (χ4n) is 4.12. The Morgan fingerprint density at radius 3 is 2.20 bits per heavy atom. The van der Waals surface area contributed by atoms with Crippen molar-refractivity contribution in [3.8, 4) is 0 Å². The average Bonchev–Trinajstić information content (AvgIpc) is 3.53. The molecule has 0 bridgehead atoms. The number of hydrogen-bond donors (Lipinski definition) is 1. The van der Waals surface area contributed by atoms with Gasteiger partial charge in [0.15, 0.2) is 0 Å². The lowest BCUT2D eigenvalue weighted by molar-refractivity contribution is -0.0440. The van der Waals surface area contributed by atoms with Crippen molar-refractivity contribution < 1.29 is 17.9 Å². The predicted molar refractivity (Wildman–Crippen MR) is 115 cm³/mol. The summed E-state index contributed by atoms with van der Waals surface area (Å²) in [7, 11) is -3.61. The smallest absolute Gasteiger partial charge is 0.251 e. The van der Waals surface area contributed by atoms with Crippen molar-refractivity contribution in [3.63, 3.8) is 0 Å². The molecule has 1 amide bonds. The van der Waals surface area contributed by atoms with E-state index in [1.54, 1.807) is 12.1 Å². The maximum atomic E-state index is 13.0. The predicted octanol–water partition coefficient (Wildman–Crippen LogP) is 2.95. The number of hydrogen-bond acceptors (Lipinski definition) is 4. The lowest BCUT2D eigenvalue weighted by Gasteiger charge is -2.34. The Hall–Kier alpha value is -2.22. The van der Waals surface area contributed by atoms with Gasteiger partial charge < -0.3 is 10.1 Å². The summed E-state index contributed by atoms with van der Waals surface area (Å²) in [5, 5.41) is 3.02. The van der Waals surface area contributed by atoms with Crippen LogP contribution in [-0.4, -0.2) is 50.5 Å². The molecule has 160 valence electrons. The highest BCUT2D eigenvalue weighted by molar-refractivity contribution is 7.89. The molecule has 1 aliphatic heterocycles. The van der Waals surface area contributed by atoms with Gasteiger partial charge in [-0.3, -0.25) is 4.79 Å². The maximum absolute atomic E-state index is 13.0. The number of amides is 1. The summed E-state index contributed by atoms with van der Waals surface area (Å²) < 4.78 is 33.0. The lowest BCUT2D eigenvalue weighted by atomic mass is 9.96.